The van der Waals surface area contributed by atoms with E-state index in [2.05, 4.69) is 23.9 Å². The predicted molar refractivity (Wildman–Crippen MR) is 83.5 cm³/mol. The summed E-state index contributed by atoms with van der Waals surface area (Å²) in [7, 11) is 4.25. The van der Waals surface area contributed by atoms with Crippen molar-refractivity contribution in [3.05, 3.63) is 34.9 Å². The molecule has 2 rings (SSSR count). The van der Waals surface area contributed by atoms with Crippen LogP contribution in [0.2, 0.25) is 5.02 Å². The van der Waals surface area contributed by atoms with Gasteiger partial charge in [0, 0.05) is 29.7 Å². The molecule has 1 unspecified atom stereocenters. The van der Waals surface area contributed by atoms with Gasteiger partial charge in [-0.3, -0.25) is 9.69 Å². The van der Waals surface area contributed by atoms with Crippen molar-refractivity contribution in [2.24, 2.45) is 0 Å². The van der Waals surface area contributed by atoms with Crippen LogP contribution < -0.4 is 0 Å². The summed E-state index contributed by atoms with van der Waals surface area (Å²) in [5, 5.41) is 0.620. The molecule has 0 bridgehead atoms. The van der Waals surface area contributed by atoms with E-state index in [1.165, 1.54) is 0 Å². The summed E-state index contributed by atoms with van der Waals surface area (Å²) in [6.07, 6.45) is 2.25. The molecule has 1 atom stereocenters. The number of carbonyl (C=O) groups excluding carboxylic acids is 1. The second-order valence-corrected chi connectivity index (χ2v) is 6.22. The molecule has 0 aliphatic carbocycles. The summed E-state index contributed by atoms with van der Waals surface area (Å²) >= 11 is 5.96. The Balaban J connectivity index is 1.98. The fourth-order valence-corrected chi connectivity index (χ4v) is 3.03. The highest BCUT2D eigenvalue weighted by Crippen LogP contribution is 2.19. The van der Waals surface area contributed by atoms with E-state index in [0.717, 1.165) is 25.9 Å². The van der Waals surface area contributed by atoms with Crippen LogP contribution in [-0.2, 0) is 0 Å². The highest BCUT2D eigenvalue weighted by molar-refractivity contribution is 6.31. The molecule has 1 fully saturated rings. The van der Waals surface area contributed by atoms with Gasteiger partial charge in [-0.15, -0.1) is 0 Å². The average Bonchev–Trinajstić information content (AvgIpc) is 2.46. The largest absolute Gasteiger partial charge is 0.306 e. The zero-order valence-corrected chi connectivity index (χ0v) is 13.2. The SMILES string of the molecule is CC(C(=O)c1cccc(Cl)c1)N1CCC(N(C)C)CC1. The van der Waals surface area contributed by atoms with Gasteiger partial charge in [0.05, 0.1) is 6.04 Å². The van der Waals surface area contributed by atoms with Crippen molar-refractivity contribution in [3.8, 4) is 0 Å². The minimum absolute atomic E-state index is 0.0726. The van der Waals surface area contributed by atoms with Crippen LogP contribution in [0.15, 0.2) is 24.3 Å². The Kier molecular flexibility index (Phi) is 5.19. The molecule has 110 valence electrons. The zero-order valence-electron chi connectivity index (χ0n) is 12.5. The number of likely N-dealkylation sites (tertiary alicyclic amines) is 1. The number of piperidine rings is 1. The van der Waals surface area contributed by atoms with Gasteiger partial charge in [-0.1, -0.05) is 23.7 Å². The lowest BCUT2D eigenvalue weighted by atomic mass is 9.99. The van der Waals surface area contributed by atoms with Gasteiger partial charge >= 0.3 is 0 Å². The highest BCUT2D eigenvalue weighted by atomic mass is 35.5. The standard InChI is InChI=1S/C16H23ClN2O/c1-12(16(20)13-5-4-6-14(17)11-13)19-9-7-15(8-10-19)18(2)3/h4-6,11-12,15H,7-10H2,1-3H3. The molecule has 1 aliphatic rings. The first-order chi connectivity index (χ1) is 9.49. The lowest BCUT2D eigenvalue weighted by Gasteiger charge is -2.37. The third kappa shape index (κ3) is 3.60. The molecular weight excluding hydrogens is 272 g/mol. The Hall–Kier alpha value is -0.900. The Morgan fingerprint density at radius 2 is 2.00 bits per heavy atom. The van der Waals surface area contributed by atoms with Crippen molar-refractivity contribution >= 4 is 17.4 Å². The Morgan fingerprint density at radius 1 is 1.35 bits per heavy atom. The van der Waals surface area contributed by atoms with Crippen LogP contribution in [0.3, 0.4) is 0 Å². The van der Waals surface area contributed by atoms with E-state index in [4.69, 9.17) is 11.6 Å². The first-order valence-corrected chi connectivity index (χ1v) is 7.57. The van der Waals surface area contributed by atoms with E-state index in [9.17, 15) is 4.79 Å². The molecule has 0 radical (unpaired) electrons. The maximum Gasteiger partial charge on any atom is 0.179 e. The number of rotatable bonds is 4. The number of hydrogen-bond acceptors (Lipinski definition) is 3. The second kappa shape index (κ2) is 6.70. The van der Waals surface area contributed by atoms with Gasteiger partial charge < -0.3 is 4.90 Å². The number of hydrogen-bond donors (Lipinski definition) is 0. The molecule has 3 nitrogen and oxygen atoms in total. The van der Waals surface area contributed by atoms with Gasteiger partial charge in [-0.2, -0.15) is 0 Å². The lowest BCUT2D eigenvalue weighted by Crippen LogP contribution is -2.47. The van der Waals surface area contributed by atoms with Crippen molar-refractivity contribution in [3.63, 3.8) is 0 Å². The number of benzene rings is 1. The van der Waals surface area contributed by atoms with Crippen LogP contribution in [0.5, 0.6) is 0 Å². The van der Waals surface area contributed by atoms with Gasteiger partial charge in [-0.05, 0) is 46.0 Å². The van der Waals surface area contributed by atoms with Crippen LogP contribution in [0.4, 0.5) is 0 Å². The summed E-state index contributed by atoms with van der Waals surface area (Å²) in [6, 6.07) is 7.80. The molecule has 1 aromatic rings. The van der Waals surface area contributed by atoms with Crippen molar-refractivity contribution in [2.45, 2.75) is 31.8 Å². The first-order valence-electron chi connectivity index (χ1n) is 7.19. The topological polar surface area (TPSA) is 23.6 Å². The number of halogens is 1. The van der Waals surface area contributed by atoms with E-state index >= 15 is 0 Å². The Morgan fingerprint density at radius 3 is 2.55 bits per heavy atom. The first kappa shape index (κ1) is 15.5. The monoisotopic (exact) mass is 294 g/mol. The molecule has 0 N–H and O–H groups in total. The summed E-state index contributed by atoms with van der Waals surface area (Å²) in [5.74, 6) is 0.163. The average molecular weight is 295 g/mol. The van der Waals surface area contributed by atoms with Gasteiger partial charge in [0.2, 0.25) is 0 Å². The van der Waals surface area contributed by atoms with Crippen molar-refractivity contribution in [2.75, 3.05) is 27.2 Å². The van der Waals surface area contributed by atoms with E-state index in [0.29, 0.717) is 16.6 Å². The summed E-state index contributed by atoms with van der Waals surface area (Å²) in [6.45, 7) is 3.96. The maximum absolute atomic E-state index is 12.5. The molecule has 1 heterocycles. The maximum atomic E-state index is 12.5. The minimum atomic E-state index is -0.0726. The number of Topliss-reactive ketones (excluding diaryl/α,β-unsaturated/α-hetero) is 1. The lowest BCUT2D eigenvalue weighted by molar-refractivity contribution is 0.0736. The van der Waals surface area contributed by atoms with Gasteiger partial charge in [0.25, 0.3) is 0 Å². The normalized spacial score (nSPS) is 19.2. The summed E-state index contributed by atoms with van der Waals surface area (Å²) in [5.41, 5.74) is 0.708. The fourth-order valence-electron chi connectivity index (χ4n) is 2.84. The van der Waals surface area contributed by atoms with Gasteiger partial charge in [0.15, 0.2) is 5.78 Å². The number of nitrogens with zero attached hydrogens (tertiary/aromatic N) is 2. The van der Waals surface area contributed by atoms with Gasteiger partial charge in [0.1, 0.15) is 0 Å². The van der Waals surface area contributed by atoms with Crippen LogP contribution in [0.25, 0.3) is 0 Å². The molecule has 20 heavy (non-hydrogen) atoms. The predicted octanol–water partition coefficient (Wildman–Crippen LogP) is 2.94. The van der Waals surface area contributed by atoms with Crippen molar-refractivity contribution in [1.29, 1.82) is 0 Å². The summed E-state index contributed by atoms with van der Waals surface area (Å²) in [4.78, 5) is 17.1. The van der Waals surface area contributed by atoms with E-state index < -0.39 is 0 Å². The molecular formula is C16H23ClN2O. The number of carbonyl (C=O) groups is 1. The fraction of sp³-hybridized carbons (Fsp3) is 0.562. The van der Waals surface area contributed by atoms with Crippen LogP contribution in [0, 0.1) is 0 Å². The van der Waals surface area contributed by atoms with Crippen LogP contribution in [-0.4, -0.2) is 54.9 Å². The molecule has 1 aromatic carbocycles. The zero-order chi connectivity index (χ0) is 14.7. The van der Waals surface area contributed by atoms with E-state index in [-0.39, 0.29) is 11.8 Å². The molecule has 0 amide bonds. The molecule has 0 aromatic heterocycles. The minimum Gasteiger partial charge on any atom is -0.306 e. The number of ketones is 1. The summed E-state index contributed by atoms with van der Waals surface area (Å²) < 4.78 is 0. The van der Waals surface area contributed by atoms with Crippen molar-refractivity contribution in [1.82, 2.24) is 9.80 Å². The molecule has 4 heteroatoms. The third-order valence-electron chi connectivity index (χ3n) is 4.27. The smallest absolute Gasteiger partial charge is 0.179 e. The van der Waals surface area contributed by atoms with Crippen LogP contribution in [0.1, 0.15) is 30.1 Å². The molecule has 0 saturated carbocycles. The van der Waals surface area contributed by atoms with Crippen LogP contribution >= 0.6 is 11.6 Å². The van der Waals surface area contributed by atoms with E-state index in [1.807, 2.05) is 19.1 Å². The van der Waals surface area contributed by atoms with Gasteiger partial charge in [-0.25, -0.2) is 0 Å². The second-order valence-electron chi connectivity index (χ2n) is 5.78. The molecule has 1 saturated heterocycles. The highest BCUT2D eigenvalue weighted by Gasteiger charge is 2.27. The Bertz CT molecular complexity index is 467. The third-order valence-corrected chi connectivity index (χ3v) is 4.50. The molecule has 0 spiro atoms. The van der Waals surface area contributed by atoms with E-state index in [1.54, 1.807) is 12.1 Å². The quantitative estimate of drug-likeness (QED) is 0.798. The van der Waals surface area contributed by atoms with Crippen molar-refractivity contribution < 1.29 is 4.79 Å². The Labute approximate surface area is 126 Å². The molecule has 1 aliphatic heterocycles.